The van der Waals surface area contributed by atoms with Crippen molar-refractivity contribution in [2.24, 2.45) is 23.2 Å². The number of nitrogens with one attached hydrogen (secondary N) is 2. The maximum atomic E-state index is 14.7. The van der Waals surface area contributed by atoms with E-state index in [0.717, 1.165) is 89.4 Å². The molecule has 6 bridgehead atoms. The molecule has 0 radical (unpaired) electrons. The molecule has 9 rings (SSSR count). The number of carbonyl (C=O) groups is 3. The molecular formula is C50H68N8O7S. The average molecular weight is 925 g/mol. The number of cyclic esters (lactones) is 1. The maximum absolute atomic E-state index is 14.7. The van der Waals surface area contributed by atoms with Crippen molar-refractivity contribution in [2.75, 3.05) is 71.6 Å². The Balaban J connectivity index is 1.22. The average Bonchev–Trinajstić information content (AvgIpc) is 4.09. The Labute approximate surface area is 392 Å². The number of nitrogens with zero attached hydrogens (tertiary/aromatic N) is 6. The highest BCUT2D eigenvalue weighted by Crippen LogP contribution is 2.52. The number of aromatic nitrogens is 3. The number of methoxy groups -OCH3 is 1. The Morgan fingerprint density at radius 1 is 1.08 bits per heavy atom. The molecule has 2 amide bonds. The lowest BCUT2D eigenvalue weighted by Crippen LogP contribution is -2.61. The minimum absolute atomic E-state index is 0.0576. The molecule has 7 atom stereocenters. The van der Waals surface area contributed by atoms with Crippen molar-refractivity contribution in [3.05, 3.63) is 52.1 Å². The second kappa shape index (κ2) is 19.3. The lowest BCUT2D eigenvalue weighted by atomic mass is 9.91. The third kappa shape index (κ3) is 9.38. The molecule has 2 aliphatic carbocycles. The van der Waals surface area contributed by atoms with Crippen molar-refractivity contribution in [3.63, 3.8) is 0 Å². The van der Waals surface area contributed by atoms with Crippen molar-refractivity contribution >= 4 is 45.7 Å². The molecule has 2 N–H and O–H groups in total. The summed E-state index contributed by atoms with van der Waals surface area (Å²) in [4.78, 5) is 57.8. The van der Waals surface area contributed by atoms with Crippen LogP contribution in [0.1, 0.15) is 95.7 Å². The number of benzene rings is 1. The van der Waals surface area contributed by atoms with E-state index in [1.165, 1.54) is 16.3 Å². The van der Waals surface area contributed by atoms with Crippen LogP contribution in [0.25, 0.3) is 33.4 Å². The van der Waals surface area contributed by atoms with E-state index in [1.54, 1.807) is 7.11 Å². The normalized spacial score (nSPS) is 26.1. The molecule has 1 unspecified atom stereocenters. The van der Waals surface area contributed by atoms with Crippen LogP contribution < -0.4 is 15.6 Å². The number of hydrazine groups is 1. The summed E-state index contributed by atoms with van der Waals surface area (Å²) in [6, 6.07) is 7.05. The number of fused-ring (bicyclic) bond motifs is 6. The number of hydrogen-bond acceptors (Lipinski definition) is 13. The van der Waals surface area contributed by atoms with Crippen LogP contribution in [-0.2, 0) is 46.3 Å². The van der Waals surface area contributed by atoms with Crippen LogP contribution in [0, 0.1) is 23.2 Å². The summed E-state index contributed by atoms with van der Waals surface area (Å²) in [6.45, 7) is 17.9. The molecule has 1 spiro atoms. The quantitative estimate of drug-likeness (QED) is 0.148. The first-order chi connectivity index (χ1) is 31.8. The molecular weight excluding hydrogens is 857 g/mol. The van der Waals surface area contributed by atoms with Crippen molar-refractivity contribution in [1.82, 2.24) is 35.2 Å². The lowest BCUT2D eigenvalue weighted by Gasteiger charge is -2.36. The molecule has 4 fully saturated rings. The number of amides is 2. The van der Waals surface area contributed by atoms with E-state index in [2.05, 4.69) is 91.0 Å². The third-order valence-electron chi connectivity index (χ3n) is 14.9. The molecule has 4 aromatic rings. The summed E-state index contributed by atoms with van der Waals surface area (Å²) in [5.41, 5.74) is 10.8. The number of carbonyl (C=O) groups excluding carboxylic acids is 3. The van der Waals surface area contributed by atoms with Gasteiger partial charge in [-0.1, -0.05) is 19.9 Å². The fraction of sp³-hybridized carbons (Fsp3) is 0.620. The van der Waals surface area contributed by atoms with Gasteiger partial charge in [-0.2, -0.15) is 0 Å². The number of thiazole rings is 1. The number of hydrogen-bond donors (Lipinski definition) is 2. The number of anilines is 1. The van der Waals surface area contributed by atoms with E-state index >= 15 is 0 Å². The minimum Gasteiger partial charge on any atom is -0.464 e. The Morgan fingerprint density at radius 3 is 2.55 bits per heavy atom. The van der Waals surface area contributed by atoms with Gasteiger partial charge in [0.25, 0.3) is 5.91 Å². The van der Waals surface area contributed by atoms with Gasteiger partial charge in [-0.05, 0) is 102 Å². The van der Waals surface area contributed by atoms with Gasteiger partial charge in [0, 0.05) is 91.7 Å². The predicted molar refractivity (Wildman–Crippen MR) is 255 cm³/mol. The van der Waals surface area contributed by atoms with Gasteiger partial charge >= 0.3 is 5.97 Å². The second-order valence-electron chi connectivity index (χ2n) is 19.7. The smallest absolute Gasteiger partial charge is 0.324 e. The lowest BCUT2D eigenvalue weighted by molar-refractivity contribution is -0.156. The van der Waals surface area contributed by atoms with Crippen molar-refractivity contribution < 1.29 is 33.3 Å². The van der Waals surface area contributed by atoms with Crippen molar-refractivity contribution in [2.45, 2.75) is 111 Å². The fourth-order valence-electron chi connectivity index (χ4n) is 10.2. The molecule has 6 heterocycles. The predicted octanol–water partition coefficient (Wildman–Crippen LogP) is 6.55. The van der Waals surface area contributed by atoms with Crippen LogP contribution in [-0.4, -0.2) is 127 Å². The van der Waals surface area contributed by atoms with Gasteiger partial charge in [0.2, 0.25) is 5.91 Å². The number of likely N-dealkylation sites (N-methyl/N-ethyl adjacent to an activating group) is 1. The maximum Gasteiger partial charge on any atom is 0.324 e. The largest absolute Gasteiger partial charge is 0.464 e. The number of ether oxygens (including phenoxy) is 4. The molecule has 16 heteroatoms. The van der Waals surface area contributed by atoms with E-state index in [4.69, 9.17) is 28.9 Å². The Kier molecular flexibility index (Phi) is 13.6. The molecule has 5 aliphatic rings. The summed E-state index contributed by atoms with van der Waals surface area (Å²) in [6.07, 6.45) is 4.48. The molecule has 3 aromatic heterocycles. The summed E-state index contributed by atoms with van der Waals surface area (Å²) < 4.78 is 27.4. The molecule has 3 aliphatic heterocycles. The second-order valence-corrected chi connectivity index (χ2v) is 20.6. The van der Waals surface area contributed by atoms with E-state index in [9.17, 15) is 14.4 Å². The van der Waals surface area contributed by atoms with E-state index in [1.807, 2.05) is 18.5 Å². The van der Waals surface area contributed by atoms with Crippen LogP contribution in [0.3, 0.4) is 0 Å². The van der Waals surface area contributed by atoms with Gasteiger partial charge in [0.15, 0.2) is 0 Å². The van der Waals surface area contributed by atoms with Gasteiger partial charge in [0.1, 0.15) is 23.2 Å². The van der Waals surface area contributed by atoms with Gasteiger partial charge in [-0.25, -0.2) is 10.4 Å². The summed E-state index contributed by atoms with van der Waals surface area (Å²) in [7, 11) is 3.90. The molecule has 66 heavy (non-hydrogen) atoms. The zero-order chi connectivity index (χ0) is 46.4. The van der Waals surface area contributed by atoms with Crippen molar-refractivity contribution in [1.29, 1.82) is 0 Å². The zero-order valence-corrected chi connectivity index (χ0v) is 40.7. The number of pyridine rings is 1. The first-order valence-electron chi connectivity index (χ1n) is 24.1. The van der Waals surface area contributed by atoms with Crippen LogP contribution in [0.2, 0.25) is 0 Å². The van der Waals surface area contributed by atoms with Crippen LogP contribution >= 0.6 is 11.3 Å². The van der Waals surface area contributed by atoms with Gasteiger partial charge in [-0.3, -0.25) is 24.4 Å². The van der Waals surface area contributed by atoms with Gasteiger partial charge < -0.3 is 38.6 Å². The zero-order valence-electron chi connectivity index (χ0n) is 39.9. The number of rotatable bonds is 12. The monoisotopic (exact) mass is 924 g/mol. The standard InChI is InChI=1S/C50H68N8O7S/c1-9-63-45-43(53-46(59)41-30(4)31(41)5)48(60)58-16-10-11-38(54-58)49(61)65-28-50(14-15-50)25-37-35-23-33(39-27-66-47(45)52-39)12-13-40(35)57(21-22-64-29(2)3)44(37)36-24-34(26-51-42(36)32(6)62-8)56-19-17-55(7)18-20-56/h12-13,23-24,26-27,29-32,38,41,43,45,54H,9-11,14-22,25,28H2,1-8H3,(H,53,59)/t30-,31+,32-,38-,41?,43-,45-/m0/s1. The van der Waals surface area contributed by atoms with Crippen LogP contribution in [0.4, 0.5) is 5.69 Å². The molecule has 15 nitrogen and oxygen atoms in total. The van der Waals surface area contributed by atoms with Gasteiger partial charge in [0.05, 0.1) is 54.4 Å². The van der Waals surface area contributed by atoms with Crippen molar-refractivity contribution in [3.8, 4) is 22.5 Å². The summed E-state index contributed by atoms with van der Waals surface area (Å²) >= 11 is 1.42. The van der Waals surface area contributed by atoms with E-state index in [-0.39, 0.29) is 59.8 Å². The van der Waals surface area contributed by atoms with Crippen LogP contribution in [0.15, 0.2) is 35.8 Å². The Bertz CT molecular complexity index is 2420. The minimum atomic E-state index is -1.08. The Morgan fingerprint density at radius 2 is 1.85 bits per heavy atom. The topological polar surface area (TPSA) is 153 Å². The highest BCUT2D eigenvalue weighted by atomic mass is 32.1. The van der Waals surface area contributed by atoms with Gasteiger partial charge in [-0.15, -0.1) is 11.3 Å². The van der Waals surface area contributed by atoms with Crippen LogP contribution in [0.5, 0.6) is 0 Å². The summed E-state index contributed by atoms with van der Waals surface area (Å²) in [5, 5.41) is 8.29. The molecule has 2 saturated carbocycles. The number of piperazine rings is 1. The SMILES string of the molecule is CCO[C@@H]1c2nc(cs2)-c2ccc3c(c2)c(c(-c2cc(N4CCN(C)CC4)cnc2[C@H](C)OC)n3CCOC(C)C)CC2(CC2)COC(=O)[C@@H]2CCCN(N2)C(=O)[C@H]1NC(=O)C1[C@@H](C)[C@H]1C. The highest BCUT2D eigenvalue weighted by molar-refractivity contribution is 7.10. The first-order valence-corrected chi connectivity index (χ1v) is 25.0. The first kappa shape index (κ1) is 46.7. The number of esters is 1. The third-order valence-corrected chi connectivity index (χ3v) is 15.8. The van der Waals surface area contributed by atoms with E-state index < -0.39 is 18.2 Å². The molecule has 356 valence electrons. The summed E-state index contributed by atoms with van der Waals surface area (Å²) in [5.74, 6) is -0.703. The fourth-order valence-corrected chi connectivity index (χ4v) is 11.1. The molecule has 2 saturated heterocycles. The molecule has 1 aromatic carbocycles. The Hall–Kier alpha value is -4.45. The highest BCUT2D eigenvalue weighted by Gasteiger charge is 2.51. The van der Waals surface area contributed by atoms with E-state index in [0.29, 0.717) is 50.6 Å².